The first-order chi connectivity index (χ1) is 11.2. The average molecular weight is 310 g/mol. The van der Waals surface area contributed by atoms with Crippen LogP contribution in [-0.4, -0.2) is 11.1 Å². The van der Waals surface area contributed by atoms with E-state index in [0.29, 0.717) is 5.56 Å². The summed E-state index contributed by atoms with van der Waals surface area (Å²) in [5.41, 5.74) is 3.44. The van der Waals surface area contributed by atoms with Crippen molar-refractivity contribution < 1.29 is 9.90 Å². The molecule has 122 valence electrons. The lowest BCUT2D eigenvalue weighted by molar-refractivity contribution is 0.0697. The normalized spacial score (nSPS) is 10.7. The second-order valence-corrected chi connectivity index (χ2v) is 6.07. The van der Waals surface area contributed by atoms with Crippen LogP contribution >= 0.6 is 0 Å². The fourth-order valence-corrected chi connectivity index (χ4v) is 2.88. The fourth-order valence-electron chi connectivity index (χ4n) is 2.88. The van der Waals surface area contributed by atoms with Crippen LogP contribution in [0.25, 0.3) is 11.1 Å². The van der Waals surface area contributed by atoms with E-state index in [0.717, 1.165) is 17.5 Å². The third-order valence-corrected chi connectivity index (χ3v) is 4.24. The van der Waals surface area contributed by atoms with Crippen LogP contribution in [0, 0.1) is 0 Å². The molecule has 0 aliphatic carbocycles. The first-order valence-corrected chi connectivity index (χ1v) is 8.64. The summed E-state index contributed by atoms with van der Waals surface area (Å²) in [5.74, 6) is -0.878. The molecule has 0 heterocycles. The summed E-state index contributed by atoms with van der Waals surface area (Å²) in [7, 11) is 0. The Hall–Kier alpha value is -2.09. The molecule has 0 amide bonds. The molecule has 2 heteroatoms. The van der Waals surface area contributed by atoms with Gasteiger partial charge in [0.25, 0.3) is 0 Å². The molecule has 0 saturated carbocycles. The van der Waals surface area contributed by atoms with E-state index < -0.39 is 5.97 Å². The Balaban J connectivity index is 1.94. The van der Waals surface area contributed by atoms with Crippen molar-refractivity contribution in [3.63, 3.8) is 0 Å². The van der Waals surface area contributed by atoms with Crippen molar-refractivity contribution >= 4 is 5.97 Å². The number of hydrogen-bond acceptors (Lipinski definition) is 1. The van der Waals surface area contributed by atoms with Gasteiger partial charge < -0.3 is 5.11 Å². The lowest BCUT2D eigenvalue weighted by Gasteiger charge is -2.07. The molecule has 0 unspecified atom stereocenters. The fraction of sp³-hybridized carbons (Fsp3) is 0.381. The summed E-state index contributed by atoms with van der Waals surface area (Å²) in [4.78, 5) is 11.3. The second kappa shape index (κ2) is 9.14. The van der Waals surface area contributed by atoms with Crippen LogP contribution in [-0.2, 0) is 6.42 Å². The number of carbonyl (C=O) groups is 1. The summed E-state index contributed by atoms with van der Waals surface area (Å²) >= 11 is 0. The van der Waals surface area contributed by atoms with Crippen LogP contribution in [0.5, 0.6) is 0 Å². The zero-order chi connectivity index (χ0) is 16.5. The Morgan fingerprint density at radius 3 is 2.22 bits per heavy atom. The van der Waals surface area contributed by atoms with Crippen molar-refractivity contribution in [2.45, 2.75) is 51.9 Å². The summed E-state index contributed by atoms with van der Waals surface area (Å²) in [6, 6.07) is 15.5. The number of carboxylic acids is 1. The van der Waals surface area contributed by atoms with E-state index in [9.17, 15) is 9.90 Å². The molecular formula is C21H26O2. The van der Waals surface area contributed by atoms with Gasteiger partial charge >= 0.3 is 5.97 Å². The third-order valence-electron chi connectivity index (χ3n) is 4.24. The SMILES string of the molecule is CCCCCCCCc1ccc(-c2ccccc2C(=O)O)cc1. The predicted molar refractivity (Wildman–Crippen MR) is 95.9 cm³/mol. The molecule has 0 radical (unpaired) electrons. The van der Waals surface area contributed by atoms with Gasteiger partial charge in [-0.2, -0.15) is 0 Å². The molecule has 0 fully saturated rings. The molecule has 2 aromatic carbocycles. The molecule has 0 aliphatic heterocycles. The van der Waals surface area contributed by atoms with Gasteiger partial charge in [0.1, 0.15) is 0 Å². The molecule has 1 N–H and O–H groups in total. The van der Waals surface area contributed by atoms with E-state index in [1.54, 1.807) is 12.1 Å². The van der Waals surface area contributed by atoms with Gasteiger partial charge in [-0.05, 0) is 35.6 Å². The Bertz CT molecular complexity index is 614. The monoisotopic (exact) mass is 310 g/mol. The Kier molecular flexibility index (Phi) is 6.86. The number of rotatable bonds is 9. The molecule has 0 atom stereocenters. The largest absolute Gasteiger partial charge is 0.478 e. The molecule has 0 saturated heterocycles. The highest BCUT2D eigenvalue weighted by atomic mass is 16.4. The molecule has 2 nitrogen and oxygen atoms in total. The lowest BCUT2D eigenvalue weighted by Crippen LogP contribution is -1.99. The first-order valence-electron chi connectivity index (χ1n) is 8.64. The van der Waals surface area contributed by atoms with Crippen LogP contribution in [0.3, 0.4) is 0 Å². The van der Waals surface area contributed by atoms with Gasteiger partial charge in [0, 0.05) is 0 Å². The first kappa shape index (κ1) is 17.3. The van der Waals surface area contributed by atoms with E-state index >= 15 is 0 Å². The molecule has 23 heavy (non-hydrogen) atoms. The molecular weight excluding hydrogens is 284 g/mol. The van der Waals surface area contributed by atoms with Gasteiger partial charge in [0.15, 0.2) is 0 Å². The maximum atomic E-state index is 11.3. The van der Waals surface area contributed by atoms with Crippen LogP contribution in [0.4, 0.5) is 0 Å². The quantitative estimate of drug-likeness (QED) is 0.581. The van der Waals surface area contributed by atoms with E-state index in [4.69, 9.17) is 0 Å². The smallest absolute Gasteiger partial charge is 0.336 e. The van der Waals surface area contributed by atoms with Gasteiger partial charge in [-0.1, -0.05) is 81.5 Å². The Labute approximate surface area is 139 Å². The molecule has 0 spiro atoms. The zero-order valence-electron chi connectivity index (χ0n) is 13.9. The lowest BCUT2D eigenvalue weighted by atomic mass is 9.97. The number of carboxylic acid groups (broad SMARTS) is 1. The number of aryl methyl sites for hydroxylation is 1. The summed E-state index contributed by atoms with van der Waals surface area (Å²) in [5, 5.41) is 9.29. The van der Waals surface area contributed by atoms with Gasteiger partial charge in [0.2, 0.25) is 0 Å². The maximum Gasteiger partial charge on any atom is 0.336 e. The van der Waals surface area contributed by atoms with E-state index in [-0.39, 0.29) is 0 Å². The summed E-state index contributed by atoms with van der Waals surface area (Å²) in [6.07, 6.45) is 8.95. The standard InChI is InChI=1S/C21H26O2/c1-2-3-4-5-6-7-10-17-13-15-18(16-14-17)19-11-8-9-12-20(19)21(22)23/h8-9,11-16H,2-7,10H2,1H3,(H,22,23). The summed E-state index contributed by atoms with van der Waals surface area (Å²) in [6.45, 7) is 2.24. The van der Waals surface area contributed by atoms with Crippen LogP contribution < -0.4 is 0 Å². The van der Waals surface area contributed by atoms with Crippen molar-refractivity contribution in [2.24, 2.45) is 0 Å². The third kappa shape index (κ3) is 5.24. The minimum Gasteiger partial charge on any atom is -0.478 e. The zero-order valence-corrected chi connectivity index (χ0v) is 13.9. The minimum absolute atomic E-state index is 0.358. The van der Waals surface area contributed by atoms with Gasteiger partial charge in [-0.25, -0.2) is 4.79 Å². The number of aromatic carboxylic acids is 1. The summed E-state index contributed by atoms with van der Waals surface area (Å²) < 4.78 is 0. The van der Waals surface area contributed by atoms with E-state index in [1.165, 1.54) is 44.1 Å². The Morgan fingerprint density at radius 2 is 1.52 bits per heavy atom. The number of benzene rings is 2. The Morgan fingerprint density at radius 1 is 0.870 bits per heavy atom. The van der Waals surface area contributed by atoms with Crippen LogP contribution in [0.15, 0.2) is 48.5 Å². The predicted octanol–water partition coefficient (Wildman–Crippen LogP) is 5.95. The van der Waals surface area contributed by atoms with Crippen molar-refractivity contribution in [3.8, 4) is 11.1 Å². The second-order valence-electron chi connectivity index (χ2n) is 6.07. The molecule has 0 bridgehead atoms. The minimum atomic E-state index is -0.878. The van der Waals surface area contributed by atoms with E-state index in [2.05, 4.69) is 19.1 Å². The highest BCUT2D eigenvalue weighted by molar-refractivity contribution is 5.95. The highest BCUT2D eigenvalue weighted by Crippen LogP contribution is 2.24. The van der Waals surface area contributed by atoms with Gasteiger partial charge in [-0.3, -0.25) is 0 Å². The molecule has 0 aliphatic rings. The highest BCUT2D eigenvalue weighted by Gasteiger charge is 2.10. The van der Waals surface area contributed by atoms with Crippen molar-refractivity contribution in [1.29, 1.82) is 0 Å². The molecule has 2 aromatic rings. The van der Waals surface area contributed by atoms with Gasteiger partial charge in [0.05, 0.1) is 5.56 Å². The van der Waals surface area contributed by atoms with Crippen molar-refractivity contribution in [2.75, 3.05) is 0 Å². The van der Waals surface area contributed by atoms with Crippen molar-refractivity contribution in [3.05, 3.63) is 59.7 Å². The number of hydrogen-bond donors (Lipinski definition) is 1. The average Bonchev–Trinajstić information content (AvgIpc) is 2.58. The van der Waals surface area contributed by atoms with Gasteiger partial charge in [-0.15, -0.1) is 0 Å². The maximum absolute atomic E-state index is 11.3. The topological polar surface area (TPSA) is 37.3 Å². The molecule has 2 rings (SSSR count). The van der Waals surface area contributed by atoms with Crippen molar-refractivity contribution in [1.82, 2.24) is 0 Å². The van der Waals surface area contributed by atoms with Crippen LogP contribution in [0.2, 0.25) is 0 Å². The number of unbranched alkanes of at least 4 members (excludes halogenated alkanes) is 5. The molecule has 0 aromatic heterocycles. The van der Waals surface area contributed by atoms with E-state index in [1.807, 2.05) is 24.3 Å². The van der Waals surface area contributed by atoms with Crippen LogP contribution in [0.1, 0.15) is 61.4 Å².